The first kappa shape index (κ1) is 10.5. The van der Waals surface area contributed by atoms with Crippen LogP contribution in [0.5, 0.6) is 0 Å². The van der Waals surface area contributed by atoms with Crippen LogP contribution in [0.1, 0.15) is 39.0 Å². The topological polar surface area (TPSA) is 55.1 Å². The Balaban J connectivity index is 2.05. The molecule has 0 aliphatic heterocycles. The Morgan fingerprint density at radius 1 is 1.62 bits per heavy atom. The smallest absolute Gasteiger partial charge is 0.234 e. The summed E-state index contributed by atoms with van der Waals surface area (Å²) < 4.78 is 0. The van der Waals surface area contributed by atoms with E-state index in [1.54, 1.807) is 0 Å². The molecule has 1 unspecified atom stereocenters. The average Bonchev–Trinajstić information content (AvgIpc) is 2.00. The number of nitrogens with two attached hydrogens (primary N) is 1. The van der Waals surface area contributed by atoms with E-state index in [0.717, 1.165) is 18.9 Å². The van der Waals surface area contributed by atoms with Crippen molar-refractivity contribution in [1.82, 2.24) is 5.32 Å². The maximum absolute atomic E-state index is 10.8. The first-order valence-electron chi connectivity index (χ1n) is 5.26. The Kier molecular flexibility index (Phi) is 4.22. The van der Waals surface area contributed by atoms with E-state index < -0.39 is 0 Å². The molecule has 1 aliphatic rings. The second-order valence-corrected chi connectivity index (χ2v) is 3.90. The van der Waals surface area contributed by atoms with E-state index >= 15 is 0 Å². The lowest BCUT2D eigenvalue weighted by Gasteiger charge is -2.26. The van der Waals surface area contributed by atoms with Gasteiger partial charge in [0, 0.05) is 0 Å². The van der Waals surface area contributed by atoms with E-state index in [4.69, 9.17) is 5.73 Å². The first-order valence-corrected chi connectivity index (χ1v) is 5.26. The van der Waals surface area contributed by atoms with E-state index in [9.17, 15) is 4.79 Å². The summed E-state index contributed by atoms with van der Waals surface area (Å²) in [4.78, 5) is 10.8. The van der Waals surface area contributed by atoms with Gasteiger partial charge in [-0.1, -0.05) is 26.2 Å². The maximum Gasteiger partial charge on any atom is 0.234 e. The summed E-state index contributed by atoms with van der Waals surface area (Å²) in [7, 11) is 0. The Morgan fingerprint density at radius 3 is 2.69 bits per heavy atom. The molecule has 0 heterocycles. The predicted molar refractivity (Wildman–Crippen MR) is 53.2 cm³/mol. The number of hydrogen-bond acceptors (Lipinski definition) is 2. The molecule has 0 radical (unpaired) electrons. The maximum atomic E-state index is 10.8. The van der Waals surface area contributed by atoms with Crippen LogP contribution in [-0.4, -0.2) is 18.5 Å². The molecule has 13 heavy (non-hydrogen) atoms. The third kappa shape index (κ3) is 3.35. The highest BCUT2D eigenvalue weighted by Gasteiger charge is 2.18. The standard InChI is InChI=1S/C10H20N2O/c1-2-9(10(11)13)12-7-6-8-4-3-5-8/h8-9,12H,2-7H2,1H3,(H2,11,13). The van der Waals surface area contributed by atoms with Crippen LogP contribution in [0.3, 0.4) is 0 Å². The van der Waals surface area contributed by atoms with Crippen molar-refractivity contribution in [2.24, 2.45) is 11.7 Å². The average molecular weight is 184 g/mol. The van der Waals surface area contributed by atoms with E-state index in [2.05, 4.69) is 5.32 Å². The molecule has 1 rings (SSSR count). The van der Waals surface area contributed by atoms with Crippen molar-refractivity contribution in [3.8, 4) is 0 Å². The van der Waals surface area contributed by atoms with Crippen molar-refractivity contribution in [3.05, 3.63) is 0 Å². The van der Waals surface area contributed by atoms with Gasteiger partial charge in [-0.3, -0.25) is 4.79 Å². The van der Waals surface area contributed by atoms with E-state index in [-0.39, 0.29) is 11.9 Å². The molecule has 0 aromatic rings. The van der Waals surface area contributed by atoms with Gasteiger partial charge in [-0.05, 0) is 25.3 Å². The molecule has 0 aromatic heterocycles. The van der Waals surface area contributed by atoms with Gasteiger partial charge in [-0.2, -0.15) is 0 Å². The van der Waals surface area contributed by atoms with Crippen molar-refractivity contribution >= 4 is 5.91 Å². The number of primary amides is 1. The molecule has 0 spiro atoms. The minimum absolute atomic E-state index is 0.125. The molecular weight excluding hydrogens is 164 g/mol. The molecule has 1 saturated carbocycles. The zero-order chi connectivity index (χ0) is 9.68. The van der Waals surface area contributed by atoms with Crippen molar-refractivity contribution < 1.29 is 4.79 Å². The summed E-state index contributed by atoms with van der Waals surface area (Å²) >= 11 is 0. The fraction of sp³-hybridized carbons (Fsp3) is 0.900. The molecule has 0 aromatic carbocycles. The molecule has 3 nitrogen and oxygen atoms in total. The van der Waals surface area contributed by atoms with Gasteiger partial charge in [0.25, 0.3) is 0 Å². The number of nitrogens with one attached hydrogen (secondary N) is 1. The van der Waals surface area contributed by atoms with Gasteiger partial charge < -0.3 is 11.1 Å². The molecule has 1 atom stereocenters. The largest absolute Gasteiger partial charge is 0.368 e. The van der Waals surface area contributed by atoms with Gasteiger partial charge in [0.05, 0.1) is 6.04 Å². The number of carbonyl (C=O) groups is 1. The van der Waals surface area contributed by atoms with Gasteiger partial charge in [0.1, 0.15) is 0 Å². The highest BCUT2D eigenvalue weighted by atomic mass is 16.1. The minimum atomic E-state index is -0.226. The third-order valence-corrected chi connectivity index (χ3v) is 2.92. The van der Waals surface area contributed by atoms with Crippen LogP contribution in [0.25, 0.3) is 0 Å². The monoisotopic (exact) mass is 184 g/mol. The van der Waals surface area contributed by atoms with Gasteiger partial charge in [0.15, 0.2) is 0 Å². The van der Waals surface area contributed by atoms with Crippen LogP contribution >= 0.6 is 0 Å². The fourth-order valence-corrected chi connectivity index (χ4v) is 1.69. The highest BCUT2D eigenvalue weighted by molar-refractivity contribution is 5.79. The van der Waals surface area contributed by atoms with Crippen molar-refractivity contribution in [2.75, 3.05) is 6.54 Å². The van der Waals surface area contributed by atoms with Gasteiger partial charge >= 0.3 is 0 Å². The number of hydrogen-bond donors (Lipinski definition) is 2. The Morgan fingerprint density at radius 2 is 2.31 bits per heavy atom. The zero-order valence-electron chi connectivity index (χ0n) is 8.38. The number of rotatable bonds is 6. The lowest BCUT2D eigenvalue weighted by Crippen LogP contribution is -2.41. The molecule has 3 N–H and O–H groups in total. The van der Waals surface area contributed by atoms with Crippen LogP contribution in [-0.2, 0) is 4.79 Å². The summed E-state index contributed by atoms with van der Waals surface area (Å²) in [5, 5.41) is 3.19. The second kappa shape index (κ2) is 5.22. The Bertz CT molecular complexity index is 166. The second-order valence-electron chi connectivity index (χ2n) is 3.90. The normalized spacial score (nSPS) is 19.5. The molecule has 0 bridgehead atoms. The SMILES string of the molecule is CCC(NCCC1CCC1)C(N)=O. The summed E-state index contributed by atoms with van der Waals surface area (Å²) in [5.41, 5.74) is 5.21. The summed E-state index contributed by atoms with van der Waals surface area (Å²) in [6.45, 7) is 2.91. The highest BCUT2D eigenvalue weighted by Crippen LogP contribution is 2.28. The molecule has 1 fully saturated rings. The van der Waals surface area contributed by atoms with Crippen LogP contribution in [0.15, 0.2) is 0 Å². The van der Waals surface area contributed by atoms with Gasteiger partial charge in [-0.15, -0.1) is 0 Å². The first-order chi connectivity index (χ1) is 6.24. The van der Waals surface area contributed by atoms with Gasteiger partial charge in [0.2, 0.25) is 5.91 Å². The summed E-state index contributed by atoms with van der Waals surface area (Å²) in [6.07, 6.45) is 6.12. The molecule has 1 amide bonds. The fourth-order valence-electron chi connectivity index (χ4n) is 1.69. The van der Waals surface area contributed by atoms with Crippen LogP contribution in [0.4, 0.5) is 0 Å². The molecule has 0 saturated heterocycles. The van der Waals surface area contributed by atoms with E-state index in [1.165, 1.54) is 25.7 Å². The number of carbonyl (C=O) groups excluding carboxylic acids is 1. The predicted octanol–water partition coefficient (Wildman–Crippen LogP) is 1.03. The molecular formula is C10H20N2O. The molecule has 3 heteroatoms. The minimum Gasteiger partial charge on any atom is -0.368 e. The van der Waals surface area contributed by atoms with Crippen molar-refractivity contribution in [2.45, 2.75) is 45.1 Å². The molecule has 76 valence electrons. The van der Waals surface area contributed by atoms with Crippen molar-refractivity contribution in [1.29, 1.82) is 0 Å². The lowest BCUT2D eigenvalue weighted by molar-refractivity contribution is -0.120. The van der Waals surface area contributed by atoms with Crippen LogP contribution < -0.4 is 11.1 Å². The van der Waals surface area contributed by atoms with Crippen LogP contribution in [0, 0.1) is 5.92 Å². The Hall–Kier alpha value is -0.570. The summed E-state index contributed by atoms with van der Waals surface area (Å²) in [6, 6.07) is -0.125. The lowest BCUT2D eigenvalue weighted by atomic mass is 9.83. The van der Waals surface area contributed by atoms with Crippen molar-refractivity contribution in [3.63, 3.8) is 0 Å². The Labute approximate surface area is 80.1 Å². The third-order valence-electron chi connectivity index (χ3n) is 2.92. The zero-order valence-corrected chi connectivity index (χ0v) is 8.38. The number of amides is 1. The quantitative estimate of drug-likeness (QED) is 0.648. The van der Waals surface area contributed by atoms with E-state index in [0.29, 0.717) is 0 Å². The van der Waals surface area contributed by atoms with Crippen LogP contribution in [0.2, 0.25) is 0 Å². The van der Waals surface area contributed by atoms with E-state index in [1.807, 2.05) is 6.92 Å². The molecule has 1 aliphatic carbocycles. The summed E-state index contributed by atoms with van der Waals surface area (Å²) in [5.74, 6) is 0.675. The van der Waals surface area contributed by atoms with Gasteiger partial charge in [-0.25, -0.2) is 0 Å².